The van der Waals surface area contributed by atoms with Crippen LogP contribution in [0.15, 0.2) is 16.6 Å². The largest absolute Gasteiger partial charge is 0.454 e. The highest BCUT2D eigenvalue weighted by Gasteiger charge is 2.17. The Morgan fingerprint density at radius 3 is 3.14 bits per heavy atom. The molecule has 2 aliphatic rings. The van der Waals surface area contributed by atoms with Crippen LogP contribution in [0.25, 0.3) is 0 Å². The first-order valence-corrected chi connectivity index (χ1v) is 8.60. The summed E-state index contributed by atoms with van der Waals surface area (Å²) in [7, 11) is 0. The van der Waals surface area contributed by atoms with Gasteiger partial charge in [-0.1, -0.05) is 0 Å². The Kier molecular flexibility index (Phi) is 5.95. The number of benzene rings is 1. The molecule has 0 saturated carbocycles. The molecule has 5 nitrogen and oxygen atoms in total. The van der Waals surface area contributed by atoms with Crippen molar-refractivity contribution in [1.82, 2.24) is 5.32 Å². The minimum atomic E-state index is 0.298. The number of fused-ring (bicyclic) bond motifs is 1. The fraction of sp³-hybridized carbons (Fsp3) is 0.625. The number of rotatable bonds is 8. The van der Waals surface area contributed by atoms with Crippen LogP contribution in [0.3, 0.4) is 0 Å². The van der Waals surface area contributed by atoms with Crippen LogP contribution >= 0.6 is 15.9 Å². The molecule has 0 radical (unpaired) electrons. The van der Waals surface area contributed by atoms with E-state index in [1.807, 2.05) is 6.07 Å². The quantitative estimate of drug-likeness (QED) is 0.712. The highest BCUT2D eigenvalue weighted by Crippen LogP contribution is 2.39. The van der Waals surface area contributed by atoms with Crippen molar-refractivity contribution in [3.05, 3.63) is 22.2 Å². The smallest absolute Gasteiger partial charge is 0.231 e. The van der Waals surface area contributed by atoms with E-state index in [0.717, 1.165) is 61.7 Å². The number of nitrogens with one attached hydrogen (secondary N) is 1. The van der Waals surface area contributed by atoms with Gasteiger partial charge in [0, 0.05) is 19.8 Å². The molecule has 0 aromatic heterocycles. The Morgan fingerprint density at radius 2 is 2.27 bits per heavy atom. The van der Waals surface area contributed by atoms with Crippen molar-refractivity contribution in [1.29, 1.82) is 0 Å². The number of hydrogen-bond donors (Lipinski definition) is 1. The minimum Gasteiger partial charge on any atom is -0.454 e. The first kappa shape index (κ1) is 16.1. The van der Waals surface area contributed by atoms with E-state index in [2.05, 4.69) is 27.3 Å². The molecule has 3 rings (SSSR count). The van der Waals surface area contributed by atoms with E-state index in [1.165, 1.54) is 12.0 Å². The van der Waals surface area contributed by atoms with Crippen LogP contribution in [0.2, 0.25) is 0 Å². The van der Waals surface area contributed by atoms with Crippen molar-refractivity contribution < 1.29 is 18.9 Å². The molecule has 0 aliphatic carbocycles. The molecule has 2 aliphatic heterocycles. The Hall–Kier alpha value is -0.820. The maximum absolute atomic E-state index is 5.64. The molecule has 6 heteroatoms. The maximum Gasteiger partial charge on any atom is 0.231 e. The van der Waals surface area contributed by atoms with Gasteiger partial charge in [0.25, 0.3) is 0 Å². The van der Waals surface area contributed by atoms with Crippen molar-refractivity contribution in [2.75, 3.05) is 33.2 Å². The van der Waals surface area contributed by atoms with Gasteiger partial charge in [0.1, 0.15) is 0 Å². The summed E-state index contributed by atoms with van der Waals surface area (Å²) in [6.07, 6.45) is 3.62. The van der Waals surface area contributed by atoms with E-state index >= 15 is 0 Å². The van der Waals surface area contributed by atoms with Crippen molar-refractivity contribution in [2.45, 2.75) is 31.9 Å². The molecule has 1 saturated heterocycles. The Bertz CT molecular complexity index is 491. The molecule has 1 fully saturated rings. The van der Waals surface area contributed by atoms with Crippen LogP contribution in [-0.2, 0) is 16.0 Å². The van der Waals surface area contributed by atoms with Crippen LogP contribution in [0.5, 0.6) is 11.5 Å². The van der Waals surface area contributed by atoms with Crippen LogP contribution in [-0.4, -0.2) is 39.3 Å². The van der Waals surface area contributed by atoms with Crippen LogP contribution < -0.4 is 14.8 Å². The lowest BCUT2D eigenvalue weighted by Crippen LogP contribution is -2.19. The lowest BCUT2D eigenvalue weighted by Gasteiger charge is -2.10. The van der Waals surface area contributed by atoms with Gasteiger partial charge in [-0.3, -0.25) is 0 Å². The van der Waals surface area contributed by atoms with Crippen molar-refractivity contribution >= 4 is 15.9 Å². The number of ether oxygens (including phenoxy) is 4. The lowest BCUT2D eigenvalue weighted by molar-refractivity contribution is 0.0166. The molecule has 1 N–H and O–H groups in total. The van der Waals surface area contributed by atoms with Gasteiger partial charge in [-0.15, -0.1) is 0 Å². The molecule has 1 atom stereocenters. The number of hydrogen-bond acceptors (Lipinski definition) is 5. The predicted octanol–water partition coefficient (Wildman–Crippen LogP) is 2.85. The van der Waals surface area contributed by atoms with Gasteiger partial charge in [-0.25, -0.2) is 0 Å². The molecule has 22 heavy (non-hydrogen) atoms. The first-order chi connectivity index (χ1) is 10.8. The fourth-order valence-electron chi connectivity index (χ4n) is 2.65. The topological polar surface area (TPSA) is 49.0 Å². The van der Waals surface area contributed by atoms with E-state index in [0.29, 0.717) is 12.9 Å². The van der Waals surface area contributed by atoms with Crippen molar-refractivity contribution in [3.8, 4) is 11.5 Å². The summed E-state index contributed by atoms with van der Waals surface area (Å²) in [5.74, 6) is 1.61. The van der Waals surface area contributed by atoms with E-state index in [4.69, 9.17) is 18.9 Å². The maximum atomic E-state index is 5.64. The highest BCUT2D eigenvalue weighted by molar-refractivity contribution is 9.10. The van der Waals surface area contributed by atoms with E-state index in [-0.39, 0.29) is 0 Å². The fourth-order valence-corrected chi connectivity index (χ4v) is 3.25. The third-order valence-corrected chi connectivity index (χ3v) is 4.38. The zero-order valence-electron chi connectivity index (χ0n) is 12.6. The lowest BCUT2D eigenvalue weighted by atomic mass is 10.2. The van der Waals surface area contributed by atoms with Gasteiger partial charge in [-0.05, 0) is 59.4 Å². The van der Waals surface area contributed by atoms with Gasteiger partial charge in [0.2, 0.25) is 6.79 Å². The van der Waals surface area contributed by atoms with Crippen molar-refractivity contribution in [3.63, 3.8) is 0 Å². The third kappa shape index (κ3) is 4.35. The van der Waals surface area contributed by atoms with Crippen LogP contribution in [0, 0.1) is 0 Å². The van der Waals surface area contributed by atoms with E-state index in [1.54, 1.807) is 0 Å². The van der Waals surface area contributed by atoms with Crippen LogP contribution in [0.1, 0.15) is 24.8 Å². The molecule has 0 amide bonds. The molecule has 122 valence electrons. The molecular formula is C16H22BrNO4. The third-order valence-electron chi connectivity index (χ3n) is 3.79. The molecular weight excluding hydrogens is 350 g/mol. The summed E-state index contributed by atoms with van der Waals surface area (Å²) in [6.45, 7) is 4.43. The molecule has 0 spiro atoms. The number of halogens is 1. The second-order valence-corrected chi connectivity index (χ2v) is 6.41. The van der Waals surface area contributed by atoms with Crippen molar-refractivity contribution in [2.24, 2.45) is 0 Å². The predicted molar refractivity (Wildman–Crippen MR) is 86.4 cm³/mol. The Morgan fingerprint density at radius 1 is 1.32 bits per heavy atom. The summed E-state index contributed by atoms with van der Waals surface area (Å²) in [6, 6.07) is 4.09. The first-order valence-electron chi connectivity index (χ1n) is 7.81. The summed E-state index contributed by atoms with van der Waals surface area (Å²) in [4.78, 5) is 0. The van der Waals surface area contributed by atoms with Gasteiger partial charge in [0.05, 0.1) is 17.2 Å². The van der Waals surface area contributed by atoms with Gasteiger partial charge in [0.15, 0.2) is 11.5 Å². The normalized spacial score (nSPS) is 19.8. The summed E-state index contributed by atoms with van der Waals surface area (Å²) in [5.41, 5.74) is 1.18. The van der Waals surface area contributed by atoms with E-state index in [9.17, 15) is 0 Å². The summed E-state index contributed by atoms with van der Waals surface area (Å²) in [5, 5.41) is 3.42. The Labute approximate surface area is 139 Å². The average molecular weight is 372 g/mol. The standard InChI is InChI=1S/C16H22BrNO4/c17-14-7-12(8-15-16(14)22-11-21-15)9-18-4-2-5-19-10-13-3-1-6-20-13/h7-8,13,18H,1-6,9-11H2. The molecule has 0 bridgehead atoms. The molecule has 1 aromatic rings. The second-order valence-electron chi connectivity index (χ2n) is 5.55. The van der Waals surface area contributed by atoms with E-state index < -0.39 is 0 Å². The SMILES string of the molecule is Brc1cc(CNCCCOCC2CCCO2)cc2c1OCO2. The molecule has 2 heterocycles. The molecule has 1 aromatic carbocycles. The second kappa shape index (κ2) is 8.15. The zero-order chi connectivity index (χ0) is 15.2. The molecule has 1 unspecified atom stereocenters. The van der Waals surface area contributed by atoms with Gasteiger partial charge in [-0.2, -0.15) is 0 Å². The monoisotopic (exact) mass is 371 g/mol. The minimum absolute atomic E-state index is 0.298. The van der Waals surface area contributed by atoms with Gasteiger partial charge < -0.3 is 24.3 Å². The summed E-state index contributed by atoms with van der Waals surface area (Å²) >= 11 is 3.51. The summed E-state index contributed by atoms with van der Waals surface area (Å²) < 4.78 is 22.9. The zero-order valence-corrected chi connectivity index (χ0v) is 14.2. The Balaban J connectivity index is 1.29. The average Bonchev–Trinajstić information content (AvgIpc) is 3.17. The van der Waals surface area contributed by atoms with Gasteiger partial charge >= 0.3 is 0 Å². The van der Waals surface area contributed by atoms with Crippen LogP contribution in [0.4, 0.5) is 0 Å². The highest BCUT2D eigenvalue weighted by atomic mass is 79.9.